The van der Waals surface area contributed by atoms with Gasteiger partial charge in [0.05, 0.1) is 18.4 Å². The lowest BCUT2D eigenvalue weighted by molar-refractivity contribution is -0.132. The van der Waals surface area contributed by atoms with Crippen molar-refractivity contribution in [3.05, 3.63) is 53.7 Å². The molecule has 6 heteroatoms. The average molecular weight is 346 g/mol. The molecule has 5 nitrogen and oxygen atoms in total. The number of nitrogens with zero attached hydrogens (tertiary/aromatic N) is 2. The number of anilines is 1. The molecule has 2 aromatic rings. The van der Waals surface area contributed by atoms with Crippen molar-refractivity contribution in [1.29, 1.82) is 0 Å². The summed E-state index contributed by atoms with van der Waals surface area (Å²) in [5, 5.41) is 10.2. The fourth-order valence-electron chi connectivity index (χ4n) is 3.16. The van der Waals surface area contributed by atoms with Crippen LogP contribution < -0.4 is 4.90 Å². The molecular formula is C19H23FN2O3. The number of furan rings is 1. The summed E-state index contributed by atoms with van der Waals surface area (Å²) in [6, 6.07) is 8.19. The Balaban J connectivity index is 1.92. The van der Waals surface area contributed by atoms with Crippen molar-refractivity contribution in [3.63, 3.8) is 0 Å². The molecule has 3 rings (SSSR count). The molecule has 0 unspecified atom stereocenters. The number of β-amino-alcohol motifs (C(OH)–C–C–N with tert-alkyl or cyclic N) is 1. The molecule has 0 saturated heterocycles. The van der Waals surface area contributed by atoms with E-state index in [1.807, 2.05) is 11.0 Å². The zero-order chi connectivity index (χ0) is 18.0. The summed E-state index contributed by atoms with van der Waals surface area (Å²) in [5.74, 6) is 0.334. The summed E-state index contributed by atoms with van der Waals surface area (Å²) in [7, 11) is 0. The molecule has 0 radical (unpaired) electrons. The Bertz CT molecular complexity index is 738. The molecule has 0 atom stereocenters. The predicted octanol–water partition coefficient (Wildman–Crippen LogP) is 2.93. The zero-order valence-electron chi connectivity index (χ0n) is 14.5. The monoisotopic (exact) mass is 346 g/mol. The third-order valence-corrected chi connectivity index (χ3v) is 4.20. The molecule has 0 bridgehead atoms. The summed E-state index contributed by atoms with van der Waals surface area (Å²) in [6.07, 6.45) is 1.90. The standard InChI is InChI=1S/C19H23FN2O3/c1-19(2,24)13-21-8-7-18(23)22(12-16-4-3-9-25-16)11-14-10-15(20)5-6-17(14)21/h3-6,9-10,24H,7-8,11-13H2,1-2H3. The van der Waals surface area contributed by atoms with Crippen LogP contribution in [0.5, 0.6) is 0 Å². The number of rotatable bonds is 4. The van der Waals surface area contributed by atoms with Crippen molar-refractivity contribution < 1.29 is 18.7 Å². The van der Waals surface area contributed by atoms with Gasteiger partial charge in [0, 0.05) is 31.7 Å². The van der Waals surface area contributed by atoms with Crippen molar-refractivity contribution >= 4 is 11.6 Å². The van der Waals surface area contributed by atoms with Crippen LogP contribution in [0, 0.1) is 5.82 Å². The highest BCUT2D eigenvalue weighted by Crippen LogP contribution is 2.28. The lowest BCUT2D eigenvalue weighted by Gasteiger charge is -2.36. The van der Waals surface area contributed by atoms with Crippen molar-refractivity contribution in [2.75, 3.05) is 18.0 Å². The summed E-state index contributed by atoms with van der Waals surface area (Å²) < 4.78 is 19.1. The predicted molar refractivity (Wildman–Crippen MR) is 92.5 cm³/mol. The Morgan fingerprint density at radius 2 is 2.08 bits per heavy atom. The smallest absolute Gasteiger partial charge is 0.225 e. The van der Waals surface area contributed by atoms with E-state index in [4.69, 9.17) is 4.42 Å². The van der Waals surface area contributed by atoms with Gasteiger partial charge in [-0.15, -0.1) is 0 Å². The molecule has 1 aliphatic rings. The van der Waals surface area contributed by atoms with Crippen molar-refractivity contribution in [3.8, 4) is 0 Å². The third kappa shape index (κ3) is 4.39. The van der Waals surface area contributed by atoms with Gasteiger partial charge in [-0.2, -0.15) is 0 Å². The van der Waals surface area contributed by atoms with E-state index in [0.717, 1.165) is 11.3 Å². The van der Waals surface area contributed by atoms with E-state index in [1.165, 1.54) is 12.1 Å². The number of carbonyl (C=O) groups is 1. The van der Waals surface area contributed by atoms with Gasteiger partial charge in [-0.25, -0.2) is 4.39 Å². The molecule has 0 fully saturated rings. The van der Waals surface area contributed by atoms with Crippen LogP contribution in [0.15, 0.2) is 41.0 Å². The van der Waals surface area contributed by atoms with E-state index >= 15 is 0 Å². The van der Waals surface area contributed by atoms with Crippen LogP contribution in [0.4, 0.5) is 10.1 Å². The number of halogens is 1. The minimum atomic E-state index is -0.915. The molecule has 0 saturated carbocycles. The highest BCUT2D eigenvalue weighted by atomic mass is 19.1. The van der Waals surface area contributed by atoms with Crippen molar-refractivity contribution in [2.45, 2.75) is 39.0 Å². The molecule has 0 spiro atoms. The quantitative estimate of drug-likeness (QED) is 0.925. The Kier molecular flexibility index (Phi) is 4.81. The van der Waals surface area contributed by atoms with Gasteiger partial charge in [0.25, 0.3) is 0 Å². The molecule has 25 heavy (non-hydrogen) atoms. The third-order valence-electron chi connectivity index (χ3n) is 4.20. The van der Waals surface area contributed by atoms with Crippen LogP contribution in [0.25, 0.3) is 0 Å². The summed E-state index contributed by atoms with van der Waals surface area (Å²) in [4.78, 5) is 16.2. The van der Waals surface area contributed by atoms with Gasteiger partial charge < -0.3 is 19.3 Å². The van der Waals surface area contributed by atoms with Crippen LogP contribution in [-0.4, -0.2) is 34.6 Å². The van der Waals surface area contributed by atoms with E-state index in [1.54, 1.807) is 37.1 Å². The van der Waals surface area contributed by atoms with E-state index in [9.17, 15) is 14.3 Å². The molecule has 2 heterocycles. The Hall–Kier alpha value is -2.34. The van der Waals surface area contributed by atoms with Gasteiger partial charge >= 0.3 is 0 Å². The van der Waals surface area contributed by atoms with E-state index < -0.39 is 5.60 Å². The van der Waals surface area contributed by atoms with Crippen LogP contribution in [-0.2, 0) is 17.9 Å². The molecule has 1 amide bonds. The highest BCUT2D eigenvalue weighted by molar-refractivity contribution is 5.78. The molecule has 1 N–H and O–H groups in total. The first kappa shape index (κ1) is 17.5. The number of hydrogen-bond donors (Lipinski definition) is 1. The van der Waals surface area contributed by atoms with Gasteiger partial charge in [0.2, 0.25) is 5.91 Å². The minimum absolute atomic E-state index is 0.0212. The number of amides is 1. The van der Waals surface area contributed by atoms with Crippen molar-refractivity contribution in [1.82, 2.24) is 4.90 Å². The van der Waals surface area contributed by atoms with E-state index in [2.05, 4.69) is 0 Å². The van der Waals surface area contributed by atoms with Crippen LogP contribution in [0.3, 0.4) is 0 Å². The molecule has 1 aliphatic heterocycles. The molecule has 1 aromatic carbocycles. The lowest BCUT2D eigenvalue weighted by Crippen LogP contribution is -2.43. The number of aliphatic hydroxyl groups is 1. The van der Waals surface area contributed by atoms with Gasteiger partial charge in [0.15, 0.2) is 0 Å². The zero-order valence-corrected chi connectivity index (χ0v) is 14.5. The maximum atomic E-state index is 13.8. The maximum absolute atomic E-state index is 13.8. The fourth-order valence-corrected chi connectivity index (χ4v) is 3.16. The maximum Gasteiger partial charge on any atom is 0.225 e. The fraction of sp³-hybridized carbons (Fsp3) is 0.421. The number of fused-ring (bicyclic) bond motifs is 1. The average Bonchev–Trinajstić information content (AvgIpc) is 3.02. The topological polar surface area (TPSA) is 56.9 Å². The first-order valence-electron chi connectivity index (χ1n) is 8.38. The number of benzene rings is 1. The summed E-state index contributed by atoms with van der Waals surface area (Å²) in [6.45, 7) is 4.94. The number of hydrogen-bond acceptors (Lipinski definition) is 4. The van der Waals surface area contributed by atoms with Gasteiger partial charge in [-0.1, -0.05) is 0 Å². The summed E-state index contributed by atoms with van der Waals surface area (Å²) >= 11 is 0. The largest absolute Gasteiger partial charge is 0.467 e. The first-order valence-corrected chi connectivity index (χ1v) is 8.38. The Morgan fingerprint density at radius 1 is 1.28 bits per heavy atom. The number of carbonyl (C=O) groups excluding carboxylic acids is 1. The Labute approximate surface area is 146 Å². The first-order chi connectivity index (χ1) is 11.8. The second kappa shape index (κ2) is 6.88. The summed E-state index contributed by atoms with van der Waals surface area (Å²) in [5.41, 5.74) is 0.659. The van der Waals surface area contributed by atoms with Gasteiger partial charge in [-0.3, -0.25) is 4.79 Å². The van der Waals surface area contributed by atoms with Crippen LogP contribution >= 0.6 is 0 Å². The minimum Gasteiger partial charge on any atom is -0.467 e. The van der Waals surface area contributed by atoms with Crippen LogP contribution in [0.1, 0.15) is 31.6 Å². The van der Waals surface area contributed by atoms with Gasteiger partial charge in [-0.05, 0) is 49.7 Å². The molecular weight excluding hydrogens is 323 g/mol. The van der Waals surface area contributed by atoms with Crippen LogP contribution in [0.2, 0.25) is 0 Å². The van der Waals surface area contributed by atoms with E-state index in [0.29, 0.717) is 38.4 Å². The SMILES string of the molecule is CC(C)(O)CN1CCC(=O)N(Cc2ccco2)Cc2cc(F)ccc21. The van der Waals surface area contributed by atoms with Gasteiger partial charge in [0.1, 0.15) is 11.6 Å². The van der Waals surface area contributed by atoms with E-state index in [-0.39, 0.29) is 11.7 Å². The van der Waals surface area contributed by atoms with Crippen molar-refractivity contribution in [2.24, 2.45) is 0 Å². The second-order valence-corrected chi connectivity index (χ2v) is 7.09. The normalized spacial score (nSPS) is 15.8. The Morgan fingerprint density at radius 3 is 2.76 bits per heavy atom. The molecule has 0 aliphatic carbocycles. The second-order valence-electron chi connectivity index (χ2n) is 7.09. The lowest BCUT2D eigenvalue weighted by atomic mass is 10.0. The highest BCUT2D eigenvalue weighted by Gasteiger charge is 2.26. The molecule has 134 valence electrons. The molecule has 1 aromatic heterocycles.